The van der Waals surface area contributed by atoms with E-state index in [1.165, 1.54) is 0 Å². The first-order valence-electron chi connectivity index (χ1n) is 7.29. The third-order valence-electron chi connectivity index (χ3n) is 3.61. The molecule has 1 unspecified atom stereocenters. The van der Waals surface area contributed by atoms with Gasteiger partial charge in [0.2, 0.25) is 5.95 Å². The summed E-state index contributed by atoms with van der Waals surface area (Å²) in [6.07, 6.45) is 0. The van der Waals surface area contributed by atoms with E-state index in [-0.39, 0.29) is 29.0 Å². The lowest BCUT2D eigenvalue weighted by Gasteiger charge is -2.16. The first-order chi connectivity index (χ1) is 12.3. The molecule has 3 aromatic rings. The maximum atomic E-state index is 13.9. The van der Waals surface area contributed by atoms with Gasteiger partial charge in [-0.3, -0.25) is 4.79 Å². The van der Waals surface area contributed by atoms with E-state index < -0.39 is 34.1 Å². The molecule has 3 rings (SSSR count). The number of aromatic amines is 1. The van der Waals surface area contributed by atoms with Crippen LogP contribution in [0.25, 0.3) is 10.9 Å². The van der Waals surface area contributed by atoms with Crippen LogP contribution in [0.3, 0.4) is 0 Å². The summed E-state index contributed by atoms with van der Waals surface area (Å²) in [6, 6.07) is 2.82. The molecule has 2 aromatic heterocycles. The van der Waals surface area contributed by atoms with Crippen LogP contribution in [0.5, 0.6) is 0 Å². The highest BCUT2D eigenvalue weighted by Gasteiger charge is 2.19. The second-order valence-electron chi connectivity index (χ2n) is 5.37. The number of hydrogen-bond acceptors (Lipinski definition) is 8. The van der Waals surface area contributed by atoms with Gasteiger partial charge in [-0.25, -0.2) is 13.8 Å². The number of anilines is 3. The average molecular weight is 358 g/mol. The molecule has 1 atom stereocenters. The van der Waals surface area contributed by atoms with Crippen LogP contribution in [-0.2, 0) is 0 Å². The zero-order chi connectivity index (χ0) is 19.0. The Hall–Kier alpha value is -3.81. The van der Waals surface area contributed by atoms with Gasteiger partial charge in [0.15, 0.2) is 5.82 Å². The highest BCUT2D eigenvalue weighted by Crippen LogP contribution is 2.23. The van der Waals surface area contributed by atoms with Gasteiger partial charge in [-0.15, -0.1) is 0 Å². The number of nitrogens with two attached hydrogens (primary N) is 2. The maximum Gasteiger partial charge on any atom is 0.261 e. The lowest BCUT2D eigenvalue weighted by molar-refractivity contribution is 0.611. The van der Waals surface area contributed by atoms with Crippen LogP contribution >= 0.6 is 0 Å². The van der Waals surface area contributed by atoms with Crippen LogP contribution in [-0.4, -0.2) is 19.9 Å². The summed E-state index contributed by atoms with van der Waals surface area (Å²) in [5.41, 5.74) is 9.85. The summed E-state index contributed by atoms with van der Waals surface area (Å²) in [6.45, 7) is 1.57. The van der Waals surface area contributed by atoms with Crippen LogP contribution in [0.15, 0.2) is 16.9 Å². The van der Waals surface area contributed by atoms with Crippen molar-refractivity contribution in [1.29, 1.82) is 5.26 Å². The fraction of sp³-hybridized carbons (Fsp3) is 0.133. The highest BCUT2D eigenvalue weighted by molar-refractivity contribution is 5.78. The van der Waals surface area contributed by atoms with Crippen LogP contribution in [0.2, 0.25) is 0 Å². The molecule has 0 aliphatic rings. The molecule has 0 aliphatic heterocycles. The third kappa shape index (κ3) is 2.84. The van der Waals surface area contributed by atoms with Gasteiger partial charge in [-0.1, -0.05) is 0 Å². The molecule has 132 valence electrons. The number of benzene rings is 1. The summed E-state index contributed by atoms with van der Waals surface area (Å²) in [5, 5.41) is 11.5. The molecule has 0 spiro atoms. The molecule has 26 heavy (non-hydrogen) atoms. The van der Waals surface area contributed by atoms with Crippen LogP contribution in [0.1, 0.15) is 24.4 Å². The van der Waals surface area contributed by atoms with Crippen molar-refractivity contribution < 1.29 is 8.78 Å². The number of nitriles is 1. The SMILES string of the molecule is CC(Nc1nc(N)nc(N)c1C#N)c1nc2c(F)ccc(F)c2c(=O)[nH]1. The summed E-state index contributed by atoms with van der Waals surface area (Å²) in [4.78, 5) is 26.0. The fourth-order valence-corrected chi connectivity index (χ4v) is 2.38. The van der Waals surface area contributed by atoms with Crippen LogP contribution < -0.4 is 22.3 Å². The van der Waals surface area contributed by atoms with E-state index in [4.69, 9.17) is 11.5 Å². The predicted octanol–water partition coefficient (Wildman–Crippen LogP) is 1.20. The molecule has 0 fully saturated rings. The van der Waals surface area contributed by atoms with Crippen molar-refractivity contribution in [2.24, 2.45) is 0 Å². The Labute approximate surface area is 144 Å². The third-order valence-corrected chi connectivity index (χ3v) is 3.61. The molecule has 2 heterocycles. The minimum absolute atomic E-state index is 0.00615. The number of hydrogen-bond donors (Lipinski definition) is 4. The molecule has 0 bridgehead atoms. The Morgan fingerprint density at radius 1 is 1.23 bits per heavy atom. The number of fused-ring (bicyclic) bond motifs is 1. The number of halogens is 2. The Morgan fingerprint density at radius 3 is 2.62 bits per heavy atom. The fourth-order valence-electron chi connectivity index (χ4n) is 2.38. The second-order valence-corrected chi connectivity index (χ2v) is 5.37. The first kappa shape index (κ1) is 17.0. The monoisotopic (exact) mass is 358 g/mol. The number of nitrogen functional groups attached to an aromatic ring is 2. The maximum absolute atomic E-state index is 13.9. The minimum atomic E-state index is -0.884. The first-order valence-corrected chi connectivity index (χ1v) is 7.29. The van der Waals surface area contributed by atoms with E-state index in [1.54, 1.807) is 6.92 Å². The number of H-pyrrole nitrogens is 1. The second kappa shape index (κ2) is 6.25. The minimum Gasteiger partial charge on any atom is -0.382 e. The smallest absolute Gasteiger partial charge is 0.261 e. The summed E-state index contributed by atoms with van der Waals surface area (Å²) >= 11 is 0. The van der Waals surface area contributed by atoms with Crippen molar-refractivity contribution in [1.82, 2.24) is 19.9 Å². The summed E-state index contributed by atoms with van der Waals surface area (Å²) in [5.74, 6) is -1.98. The standard InChI is InChI=1S/C15H12F2N8O/c1-5(21-13-6(4-18)11(19)23-15(20)25-13)12-22-10-8(17)3-2-7(16)9(10)14(26)24-12/h2-3,5H,1H3,(H,22,24,26)(H5,19,20,21,23,25). The van der Waals surface area contributed by atoms with E-state index in [9.17, 15) is 18.8 Å². The Kier molecular flexibility index (Phi) is 4.09. The van der Waals surface area contributed by atoms with Gasteiger partial charge in [0.25, 0.3) is 5.56 Å². The van der Waals surface area contributed by atoms with Gasteiger partial charge in [0.1, 0.15) is 45.8 Å². The van der Waals surface area contributed by atoms with Crippen LogP contribution in [0.4, 0.5) is 26.4 Å². The molecular formula is C15H12F2N8O. The van der Waals surface area contributed by atoms with Crippen molar-refractivity contribution in [2.45, 2.75) is 13.0 Å². The predicted molar refractivity (Wildman–Crippen MR) is 89.9 cm³/mol. The Morgan fingerprint density at radius 2 is 1.92 bits per heavy atom. The van der Waals surface area contributed by atoms with Crippen molar-refractivity contribution in [3.05, 3.63) is 45.5 Å². The molecule has 0 saturated heterocycles. The van der Waals surface area contributed by atoms with E-state index >= 15 is 0 Å². The molecule has 11 heteroatoms. The van der Waals surface area contributed by atoms with Crippen LogP contribution in [0, 0.1) is 23.0 Å². The average Bonchev–Trinajstić information content (AvgIpc) is 2.57. The number of rotatable bonds is 3. The summed E-state index contributed by atoms with van der Waals surface area (Å²) < 4.78 is 27.7. The van der Waals surface area contributed by atoms with Crippen molar-refractivity contribution in [3.8, 4) is 6.07 Å². The lowest BCUT2D eigenvalue weighted by Crippen LogP contribution is -2.20. The van der Waals surface area contributed by atoms with E-state index in [0.717, 1.165) is 12.1 Å². The van der Waals surface area contributed by atoms with Crippen molar-refractivity contribution in [2.75, 3.05) is 16.8 Å². The molecular weight excluding hydrogens is 346 g/mol. The van der Waals surface area contributed by atoms with E-state index in [0.29, 0.717) is 0 Å². The van der Waals surface area contributed by atoms with Gasteiger partial charge in [0, 0.05) is 0 Å². The van der Waals surface area contributed by atoms with Gasteiger partial charge in [0.05, 0.1) is 6.04 Å². The molecule has 1 aromatic carbocycles. The highest BCUT2D eigenvalue weighted by atomic mass is 19.1. The zero-order valence-corrected chi connectivity index (χ0v) is 13.3. The Bertz CT molecular complexity index is 1120. The van der Waals surface area contributed by atoms with Crippen molar-refractivity contribution in [3.63, 3.8) is 0 Å². The molecule has 0 radical (unpaired) electrons. The van der Waals surface area contributed by atoms with E-state index in [1.807, 2.05) is 6.07 Å². The largest absolute Gasteiger partial charge is 0.382 e. The Balaban J connectivity index is 2.07. The molecule has 0 aliphatic carbocycles. The molecule has 0 amide bonds. The molecule has 0 saturated carbocycles. The molecule has 6 N–H and O–H groups in total. The quantitative estimate of drug-likeness (QED) is 0.543. The number of aromatic nitrogens is 4. The summed E-state index contributed by atoms with van der Waals surface area (Å²) in [7, 11) is 0. The van der Waals surface area contributed by atoms with Gasteiger partial charge < -0.3 is 21.8 Å². The topological polar surface area (TPSA) is 159 Å². The van der Waals surface area contributed by atoms with Gasteiger partial charge in [-0.05, 0) is 19.1 Å². The lowest BCUT2D eigenvalue weighted by atomic mass is 10.2. The number of nitrogens with one attached hydrogen (secondary N) is 2. The number of nitrogens with zero attached hydrogens (tertiary/aromatic N) is 4. The van der Waals surface area contributed by atoms with Gasteiger partial charge in [-0.2, -0.15) is 15.2 Å². The zero-order valence-electron chi connectivity index (χ0n) is 13.3. The normalized spacial score (nSPS) is 11.9. The molecule has 9 nitrogen and oxygen atoms in total. The van der Waals surface area contributed by atoms with E-state index in [2.05, 4.69) is 25.3 Å². The van der Waals surface area contributed by atoms with Crippen molar-refractivity contribution >= 4 is 28.5 Å². The van der Waals surface area contributed by atoms with Gasteiger partial charge >= 0.3 is 0 Å².